The average molecular weight is 599 g/mol. The Morgan fingerprint density at radius 3 is 2.28 bits per heavy atom. The molecule has 238 valence electrons. The maximum atomic E-state index is 14.5. The monoisotopic (exact) mass is 598 g/mol. The highest BCUT2D eigenvalue weighted by Gasteiger charge is 2.76. The molecule has 8 atom stereocenters. The van der Waals surface area contributed by atoms with E-state index < -0.39 is 63.9 Å². The maximum Gasteiger partial charge on any atom is 0.230 e. The topological polar surface area (TPSA) is 170 Å². The van der Waals surface area contributed by atoms with Crippen LogP contribution >= 0.6 is 0 Å². The van der Waals surface area contributed by atoms with Gasteiger partial charge in [0.25, 0.3) is 0 Å². The van der Waals surface area contributed by atoms with Gasteiger partial charge in [-0.25, -0.2) is 0 Å². The highest BCUT2D eigenvalue weighted by molar-refractivity contribution is 6.09. The molecule has 3 saturated carbocycles. The Morgan fingerprint density at radius 2 is 1.72 bits per heavy atom. The fraction of sp³-hybridized carbons (Fsp3) is 0.735. The quantitative estimate of drug-likeness (QED) is 0.213. The Bertz CT molecular complexity index is 1320. The van der Waals surface area contributed by atoms with Gasteiger partial charge in [-0.3, -0.25) is 14.4 Å². The molecule has 3 fully saturated rings. The van der Waals surface area contributed by atoms with Crippen molar-refractivity contribution in [2.75, 3.05) is 11.9 Å². The maximum absolute atomic E-state index is 14.5. The summed E-state index contributed by atoms with van der Waals surface area (Å²) in [5.41, 5.74) is 3.04. The van der Waals surface area contributed by atoms with Gasteiger partial charge in [0.1, 0.15) is 17.8 Å². The Morgan fingerprint density at radius 1 is 1.09 bits per heavy atom. The van der Waals surface area contributed by atoms with Crippen LogP contribution in [0.4, 0.5) is 5.69 Å². The number of aromatic hydroxyl groups is 1. The number of nitrogens with two attached hydrogens (primary N) is 1. The van der Waals surface area contributed by atoms with Gasteiger partial charge in [-0.15, -0.1) is 0 Å². The molecule has 1 aromatic carbocycles. The first-order valence-corrected chi connectivity index (χ1v) is 16.1. The lowest BCUT2D eigenvalue weighted by Gasteiger charge is -2.66. The van der Waals surface area contributed by atoms with Gasteiger partial charge in [0.05, 0.1) is 23.3 Å². The zero-order valence-electron chi connectivity index (χ0n) is 26.4. The average Bonchev–Trinajstić information content (AvgIpc) is 2.90. The van der Waals surface area contributed by atoms with Gasteiger partial charge >= 0.3 is 0 Å². The first-order valence-electron chi connectivity index (χ1n) is 16.1. The number of primary amides is 1. The Labute approximate surface area is 254 Å². The Kier molecular flexibility index (Phi) is 8.05. The van der Waals surface area contributed by atoms with E-state index in [2.05, 4.69) is 5.32 Å². The van der Waals surface area contributed by atoms with E-state index in [0.717, 1.165) is 24.0 Å². The number of rotatable bonds is 6. The number of fused-ring (bicyclic) bond motifs is 3. The molecule has 0 bridgehead atoms. The zero-order valence-corrected chi connectivity index (χ0v) is 26.4. The van der Waals surface area contributed by atoms with Gasteiger partial charge in [0, 0.05) is 12.0 Å². The van der Waals surface area contributed by atoms with Gasteiger partial charge in [0.15, 0.2) is 17.2 Å². The van der Waals surface area contributed by atoms with Crippen molar-refractivity contribution in [3.63, 3.8) is 0 Å². The summed E-state index contributed by atoms with van der Waals surface area (Å²) in [7, 11) is 0. The van der Waals surface area contributed by atoms with Crippen LogP contribution < -0.4 is 11.1 Å². The van der Waals surface area contributed by atoms with Gasteiger partial charge in [-0.05, 0) is 72.0 Å². The zero-order chi connectivity index (χ0) is 31.8. The lowest BCUT2D eigenvalue weighted by atomic mass is 9.39. The molecule has 9 heteroatoms. The van der Waals surface area contributed by atoms with Crippen molar-refractivity contribution < 1.29 is 34.8 Å². The minimum Gasteiger partial charge on any atom is -0.505 e. The fourth-order valence-electron chi connectivity index (χ4n) is 9.92. The lowest BCUT2D eigenvalue weighted by Crippen LogP contribution is -2.79. The van der Waals surface area contributed by atoms with Crippen LogP contribution in [0.15, 0.2) is 6.07 Å². The molecule has 5 rings (SSSR count). The molecule has 2 unspecified atom stereocenters. The largest absolute Gasteiger partial charge is 0.505 e. The van der Waals surface area contributed by atoms with Crippen LogP contribution in [0.5, 0.6) is 5.75 Å². The molecule has 0 aromatic heterocycles. The molecule has 0 radical (unpaired) electrons. The van der Waals surface area contributed by atoms with E-state index in [4.69, 9.17) is 5.73 Å². The van der Waals surface area contributed by atoms with Crippen LogP contribution in [-0.4, -0.2) is 62.3 Å². The number of Topliss-reactive ketones (excluding diaryl/α,β-unsaturated/α-hetero) is 2. The van der Waals surface area contributed by atoms with Gasteiger partial charge in [-0.2, -0.15) is 0 Å². The molecule has 43 heavy (non-hydrogen) atoms. The summed E-state index contributed by atoms with van der Waals surface area (Å²) >= 11 is 0. The summed E-state index contributed by atoms with van der Waals surface area (Å²) in [6.45, 7) is 12.0. The first-order chi connectivity index (χ1) is 20.0. The third kappa shape index (κ3) is 4.55. The minimum absolute atomic E-state index is 0.0383. The number of aliphatic hydroxyl groups is 3. The van der Waals surface area contributed by atoms with E-state index in [-0.39, 0.29) is 29.6 Å². The van der Waals surface area contributed by atoms with Crippen LogP contribution in [0, 0.1) is 40.4 Å². The van der Waals surface area contributed by atoms with Crippen molar-refractivity contribution in [3.05, 3.63) is 22.8 Å². The number of carbonyl (C=O) groups excluding carboxylic acids is 3. The normalized spacial score (nSPS) is 38.1. The van der Waals surface area contributed by atoms with E-state index in [1.807, 2.05) is 40.7 Å². The summed E-state index contributed by atoms with van der Waals surface area (Å²) in [6.07, 6.45) is 2.99. The van der Waals surface area contributed by atoms with Crippen LogP contribution in [0.25, 0.3) is 0 Å². The van der Waals surface area contributed by atoms with Gasteiger partial charge in [0.2, 0.25) is 5.91 Å². The molecule has 7 N–H and O–H groups in total. The molecular weight excluding hydrogens is 548 g/mol. The number of anilines is 1. The molecule has 0 heterocycles. The van der Waals surface area contributed by atoms with E-state index in [1.165, 1.54) is 19.3 Å². The van der Waals surface area contributed by atoms with E-state index in [9.17, 15) is 34.8 Å². The fourth-order valence-corrected chi connectivity index (χ4v) is 9.92. The van der Waals surface area contributed by atoms with E-state index >= 15 is 0 Å². The third-order valence-corrected chi connectivity index (χ3v) is 11.7. The number of phenolic OH excluding ortho intramolecular Hbond substituents is 1. The summed E-state index contributed by atoms with van der Waals surface area (Å²) in [5, 5.41) is 50.7. The SMILES string of the molecule is CC(C)c1cc(NCC2CCCCC2)c(O)c2c1C[C@]1(C)C[C@]3(C)[C@@H](C(C)C)C(O)[C@@H](C(N)=O)C(=O)[C@]3(O)C(O)[C@H]1C2=O. The molecule has 0 saturated heterocycles. The van der Waals surface area contributed by atoms with Crippen molar-refractivity contribution >= 4 is 23.2 Å². The molecule has 0 spiro atoms. The standard InChI is InChI=1S/C34H50N2O7/c1-16(2)19-12-21(36-14-18-10-8-7-9-11-18)26(37)22-20(19)13-32(5)15-33(6)24(17(3)4)28(39)23(31(35)42)29(40)34(33,43)30(41)25(32)27(22)38/h12,16-18,23-25,28,30,36-37,39,41,43H,7-11,13-15H2,1-6H3,(H2,35,42)/t23-,24+,25-,28?,30?,32-,33-,34+/m1/s1. The second-order valence-electron chi connectivity index (χ2n) is 15.2. The highest BCUT2D eigenvalue weighted by Crippen LogP contribution is 2.66. The van der Waals surface area contributed by atoms with E-state index in [1.54, 1.807) is 6.92 Å². The number of amides is 1. The molecule has 4 aliphatic carbocycles. The smallest absolute Gasteiger partial charge is 0.230 e. The predicted octanol–water partition coefficient (Wildman–Crippen LogP) is 3.69. The molecule has 1 amide bonds. The summed E-state index contributed by atoms with van der Waals surface area (Å²) in [5.74, 6) is -6.28. The third-order valence-electron chi connectivity index (χ3n) is 11.7. The number of phenols is 1. The Hall–Kier alpha value is -2.49. The first kappa shape index (κ1) is 31.9. The van der Waals surface area contributed by atoms with Crippen LogP contribution in [0.1, 0.15) is 107 Å². The van der Waals surface area contributed by atoms with Crippen LogP contribution in [-0.2, 0) is 16.0 Å². The number of hydrogen-bond donors (Lipinski definition) is 6. The molecular formula is C34H50N2O7. The van der Waals surface area contributed by atoms with Crippen molar-refractivity contribution in [1.29, 1.82) is 0 Å². The summed E-state index contributed by atoms with van der Waals surface area (Å²) in [4.78, 5) is 40.9. The number of ketones is 2. The van der Waals surface area contributed by atoms with Crippen LogP contribution in [0.2, 0.25) is 0 Å². The number of benzene rings is 1. The second-order valence-corrected chi connectivity index (χ2v) is 15.2. The predicted molar refractivity (Wildman–Crippen MR) is 163 cm³/mol. The van der Waals surface area contributed by atoms with Crippen LogP contribution in [0.3, 0.4) is 0 Å². The summed E-state index contributed by atoms with van der Waals surface area (Å²) < 4.78 is 0. The molecule has 0 aliphatic heterocycles. The minimum atomic E-state index is -2.51. The molecule has 1 aromatic rings. The van der Waals surface area contributed by atoms with Crippen molar-refractivity contribution in [2.45, 2.75) is 110 Å². The van der Waals surface area contributed by atoms with Crippen molar-refractivity contribution in [1.82, 2.24) is 0 Å². The van der Waals surface area contributed by atoms with Crippen molar-refractivity contribution in [2.24, 2.45) is 46.2 Å². The number of carbonyl (C=O) groups is 3. The van der Waals surface area contributed by atoms with Crippen molar-refractivity contribution in [3.8, 4) is 5.75 Å². The van der Waals surface area contributed by atoms with Gasteiger partial charge < -0.3 is 31.5 Å². The van der Waals surface area contributed by atoms with Gasteiger partial charge in [-0.1, -0.05) is 60.8 Å². The lowest BCUT2D eigenvalue weighted by molar-refractivity contribution is -0.265. The molecule has 4 aliphatic rings. The summed E-state index contributed by atoms with van der Waals surface area (Å²) in [6, 6.07) is 1.94. The number of nitrogens with one attached hydrogen (secondary N) is 1. The number of aliphatic hydroxyl groups excluding tert-OH is 2. The Balaban J connectivity index is 1.64. The van der Waals surface area contributed by atoms with E-state index in [0.29, 0.717) is 24.6 Å². The second kappa shape index (κ2) is 10.8. The molecule has 9 nitrogen and oxygen atoms in total. The highest BCUT2D eigenvalue weighted by atomic mass is 16.4. The number of hydrogen-bond acceptors (Lipinski definition) is 8.